The van der Waals surface area contributed by atoms with Gasteiger partial charge in [-0.1, -0.05) is 53.4 Å². The normalized spacial score (nSPS) is 26.2. The van der Waals surface area contributed by atoms with E-state index in [1.54, 1.807) is 13.8 Å². The summed E-state index contributed by atoms with van der Waals surface area (Å²) in [5.41, 5.74) is 0. The quantitative estimate of drug-likeness (QED) is 0.0405. The molecule has 3 amide bonds. The highest BCUT2D eigenvalue weighted by molar-refractivity contribution is 5.89. The maximum absolute atomic E-state index is 13.4. The van der Waals surface area contributed by atoms with Crippen LogP contribution < -0.4 is 16.0 Å². The summed E-state index contributed by atoms with van der Waals surface area (Å²) in [4.78, 5) is 51.1. The van der Waals surface area contributed by atoms with Gasteiger partial charge in [0, 0.05) is 77.0 Å². The van der Waals surface area contributed by atoms with Crippen molar-refractivity contribution in [3.05, 3.63) is 0 Å². The summed E-state index contributed by atoms with van der Waals surface area (Å²) in [5, 5.41) is 68.2. The molecule has 0 aliphatic carbocycles. The van der Waals surface area contributed by atoms with Crippen molar-refractivity contribution in [2.75, 3.05) is 52.7 Å². The molecular weight excluding hydrogens is 847 g/mol. The zero-order valence-corrected chi connectivity index (χ0v) is 39.9. The Balaban J connectivity index is 1.69. The molecule has 65 heavy (non-hydrogen) atoms. The number of carbonyl (C=O) groups is 4. The molecule has 0 aromatic carbocycles. The third kappa shape index (κ3) is 24.5. The molecule has 18 heteroatoms. The molecule has 11 atom stereocenters. The van der Waals surface area contributed by atoms with Crippen molar-refractivity contribution in [2.24, 2.45) is 17.8 Å². The molecule has 18 nitrogen and oxygen atoms in total. The van der Waals surface area contributed by atoms with Crippen molar-refractivity contribution in [1.29, 1.82) is 0 Å². The van der Waals surface area contributed by atoms with E-state index in [1.165, 1.54) is 0 Å². The van der Waals surface area contributed by atoms with Crippen LogP contribution in [0, 0.1) is 17.8 Å². The summed E-state index contributed by atoms with van der Waals surface area (Å²) >= 11 is 0. The second kappa shape index (κ2) is 34.9. The van der Waals surface area contributed by atoms with E-state index in [1.807, 2.05) is 0 Å². The summed E-state index contributed by atoms with van der Waals surface area (Å²) < 4.78 is 28.3. The van der Waals surface area contributed by atoms with E-state index in [4.69, 9.17) is 23.7 Å². The Labute approximate surface area is 387 Å². The molecule has 2 aliphatic heterocycles. The lowest BCUT2D eigenvalue weighted by Crippen LogP contribution is -2.55. The molecule has 0 bridgehead atoms. The van der Waals surface area contributed by atoms with E-state index >= 15 is 0 Å². The number of rotatable bonds is 37. The fourth-order valence-electron chi connectivity index (χ4n) is 7.74. The average molecular weight is 934 g/mol. The van der Waals surface area contributed by atoms with Gasteiger partial charge in [0.15, 0.2) is 18.4 Å². The highest BCUT2D eigenvalue weighted by atomic mass is 16.7. The first-order valence-electron chi connectivity index (χ1n) is 24.6. The van der Waals surface area contributed by atoms with Crippen LogP contribution in [0.15, 0.2) is 0 Å². The minimum absolute atomic E-state index is 0.0185. The van der Waals surface area contributed by atoms with E-state index < -0.39 is 80.3 Å². The van der Waals surface area contributed by atoms with Gasteiger partial charge in [0.05, 0.1) is 31.5 Å². The first-order chi connectivity index (χ1) is 31.2. The maximum Gasteiger partial charge on any atom is 0.220 e. The first kappa shape index (κ1) is 58.8. The van der Waals surface area contributed by atoms with Gasteiger partial charge in [-0.25, -0.2) is 0 Å². The van der Waals surface area contributed by atoms with Crippen LogP contribution >= 0.6 is 0 Å². The van der Waals surface area contributed by atoms with Crippen molar-refractivity contribution < 1.29 is 73.5 Å². The van der Waals surface area contributed by atoms with Crippen LogP contribution in [0.2, 0.25) is 0 Å². The van der Waals surface area contributed by atoms with Crippen LogP contribution in [-0.4, -0.2) is 162 Å². The Hall–Kier alpha value is -2.36. The Morgan fingerprint density at radius 3 is 1.48 bits per heavy atom. The molecule has 0 aromatic heterocycles. The summed E-state index contributed by atoms with van der Waals surface area (Å²) in [6.07, 6.45) is 3.94. The standard InChI is InChI=1S/C47H87N3O15/c1-32(2)23-29-61-26-17-25-49-40(55)20-10-6-5-9-19-36(53)35(50-41(56)22-12-8-16-28-63-47-34(4)43(58)45(60)38(31-52)65-47)18-13-14-24-48-39(54)21-11-7-15-27-62-46-33(3)42(57)44(59)37(30-51)64-46/h32-35,37-38,42-47,51-52,57-60H,5-31H2,1-4H3,(H,48,54)(H,49,55)(H,50,56)/t33?,34?,35-,37?,38?,42?,43?,44?,45?,46?,47?/m0/s1. The number of amides is 3. The molecular formula is C47H87N3O15. The number of aliphatic hydroxyl groups excluding tert-OH is 6. The molecule has 2 rings (SSSR count). The van der Waals surface area contributed by atoms with Gasteiger partial charge in [0.1, 0.15) is 24.4 Å². The Bertz CT molecular complexity index is 1290. The number of ketones is 1. The molecule has 10 unspecified atom stereocenters. The van der Waals surface area contributed by atoms with E-state index in [0.29, 0.717) is 116 Å². The van der Waals surface area contributed by atoms with E-state index in [9.17, 15) is 49.8 Å². The van der Waals surface area contributed by atoms with Crippen molar-refractivity contribution in [2.45, 2.75) is 205 Å². The molecule has 0 saturated carbocycles. The molecule has 380 valence electrons. The Kier molecular flexibility index (Phi) is 31.5. The SMILES string of the molecule is CC(C)CCOCCCNC(=O)CCCCCCC(=O)[C@H](CCCCNC(=O)CCCCCOC1OC(CO)C(O)C(O)C1C)NC(=O)CCCCCOC1OC(CO)C(O)C(O)C1C. The van der Waals surface area contributed by atoms with Gasteiger partial charge in [-0.05, 0) is 76.5 Å². The summed E-state index contributed by atoms with van der Waals surface area (Å²) in [5.74, 6) is -0.638. The largest absolute Gasteiger partial charge is 0.394 e. The van der Waals surface area contributed by atoms with Crippen LogP contribution in [0.1, 0.15) is 150 Å². The molecule has 2 heterocycles. The molecule has 2 saturated heterocycles. The maximum atomic E-state index is 13.4. The number of ether oxygens (including phenoxy) is 5. The molecule has 0 radical (unpaired) electrons. The fraction of sp³-hybridized carbons (Fsp3) is 0.915. The lowest BCUT2D eigenvalue weighted by molar-refractivity contribution is -0.282. The van der Waals surface area contributed by atoms with Crippen molar-refractivity contribution in [3.8, 4) is 0 Å². The minimum atomic E-state index is -1.19. The summed E-state index contributed by atoms with van der Waals surface area (Å²) in [6.45, 7) is 9.92. The minimum Gasteiger partial charge on any atom is -0.394 e. The van der Waals surface area contributed by atoms with Gasteiger partial charge in [-0.3, -0.25) is 19.2 Å². The van der Waals surface area contributed by atoms with Crippen LogP contribution in [0.4, 0.5) is 0 Å². The second-order valence-electron chi connectivity index (χ2n) is 18.3. The highest BCUT2D eigenvalue weighted by Gasteiger charge is 2.43. The van der Waals surface area contributed by atoms with Crippen LogP contribution in [-0.2, 0) is 42.9 Å². The predicted molar refractivity (Wildman–Crippen MR) is 242 cm³/mol. The second-order valence-corrected chi connectivity index (χ2v) is 18.3. The molecule has 0 spiro atoms. The van der Waals surface area contributed by atoms with Crippen LogP contribution in [0.5, 0.6) is 0 Å². The third-order valence-corrected chi connectivity index (χ3v) is 12.2. The van der Waals surface area contributed by atoms with E-state index in [-0.39, 0.29) is 29.9 Å². The van der Waals surface area contributed by atoms with E-state index in [0.717, 1.165) is 45.1 Å². The van der Waals surface area contributed by atoms with Gasteiger partial charge in [0.25, 0.3) is 0 Å². The smallest absolute Gasteiger partial charge is 0.220 e. The van der Waals surface area contributed by atoms with Gasteiger partial charge in [-0.2, -0.15) is 0 Å². The molecule has 9 N–H and O–H groups in total. The first-order valence-corrected chi connectivity index (χ1v) is 24.6. The Morgan fingerprint density at radius 2 is 0.985 bits per heavy atom. The zero-order chi connectivity index (χ0) is 48.0. The average Bonchev–Trinajstić information content (AvgIpc) is 3.28. The molecule has 2 aliphatic rings. The highest BCUT2D eigenvalue weighted by Crippen LogP contribution is 2.28. The number of nitrogens with one attached hydrogen (secondary N) is 3. The molecule has 2 fully saturated rings. The van der Waals surface area contributed by atoms with Crippen molar-refractivity contribution in [3.63, 3.8) is 0 Å². The van der Waals surface area contributed by atoms with Crippen molar-refractivity contribution >= 4 is 23.5 Å². The number of unbranched alkanes of at least 4 members (excludes halogenated alkanes) is 8. The van der Waals surface area contributed by atoms with E-state index in [2.05, 4.69) is 29.8 Å². The monoisotopic (exact) mass is 934 g/mol. The Morgan fingerprint density at radius 1 is 0.523 bits per heavy atom. The van der Waals surface area contributed by atoms with Crippen LogP contribution in [0.25, 0.3) is 0 Å². The lowest BCUT2D eigenvalue weighted by atomic mass is 9.92. The predicted octanol–water partition coefficient (Wildman–Crippen LogP) is 2.54. The van der Waals surface area contributed by atoms with Gasteiger partial charge in [-0.15, -0.1) is 0 Å². The fourth-order valence-corrected chi connectivity index (χ4v) is 7.74. The van der Waals surface area contributed by atoms with Crippen LogP contribution in [0.3, 0.4) is 0 Å². The van der Waals surface area contributed by atoms with Gasteiger partial charge < -0.3 is 70.3 Å². The number of aliphatic hydroxyl groups is 6. The topological polar surface area (TPSA) is 272 Å². The number of hydrogen-bond acceptors (Lipinski definition) is 15. The van der Waals surface area contributed by atoms with Gasteiger partial charge in [0.2, 0.25) is 17.7 Å². The molecule has 0 aromatic rings. The lowest BCUT2D eigenvalue weighted by Gasteiger charge is -2.40. The number of hydrogen-bond donors (Lipinski definition) is 9. The number of carbonyl (C=O) groups excluding carboxylic acids is 4. The summed E-state index contributed by atoms with van der Waals surface area (Å²) in [7, 11) is 0. The third-order valence-electron chi connectivity index (χ3n) is 12.2. The van der Waals surface area contributed by atoms with Gasteiger partial charge >= 0.3 is 0 Å². The number of Topliss-reactive ketones (excluding diaryl/α,β-unsaturated/α-hetero) is 1. The van der Waals surface area contributed by atoms with Crippen molar-refractivity contribution in [1.82, 2.24) is 16.0 Å². The summed E-state index contributed by atoms with van der Waals surface area (Å²) in [6, 6.07) is -0.639. The zero-order valence-electron chi connectivity index (χ0n) is 39.9.